The second-order valence-corrected chi connectivity index (χ2v) is 14.9. The van der Waals surface area contributed by atoms with Gasteiger partial charge in [-0.3, -0.25) is 14.4 Å². The highest BCUT2D eigenvalue weighted by molar-refractivity contribution is 5.99. The lowest BCUT2D eigenvalue weighted by Gasteiger charge is -2.29. The molecule has 4 amide bonds. The molecule has 0 radical (unpaired) electrons. The molecule has 4 atom stereocenters. The molecule has 0 aromatic heterocycles. The van der Waals surface area contributed by atoms with E-state index in [4.69, 9.17) is 29.2 Å². The number of likely N-dealkylation sites (tertiary alicyclic amines) is 2. The van der Waals surface area contributed by atoms with Crippen LogP contribution in [0.15, 0.2) is 60.7 Å². The summed E-state index contributed by atoms with van der Waals surface area (Å²) < 4.78 is 31.4. The summed E-state index contributed by atoms with van der Waals surface area (Å²) in [5.74, 6) is -3.84. The number of hydrogen-bond acceptors (Lipinski definition) is 15. The van der Waals surface area contributed by atoms with Crippen molar-refractivity contribution in [3.05, 3.63) is 71.8 Å². The van der Waals surface area contributed by atoms with Gasteiger partial charge in [-0.15, -0.1) is 0 Å². The summed E-state index contributed by atoms with van der Waals surface area (Å²) in [5.41, 5.74) is 1.65. The molecular weight excluding hydrogens is 812 g/mol. The third-order valence-electron chi connectivity index (χ3n) is 9.69. The normalized spacial score (nSPS) is 18.3. The first-order valence-corrected chi connectivity index (χ1v) is 19.8. The maximum Gasteiger partial charge on any atom is 0.407 e. The molecule has 3 aliphatic heterocycles. The first kappa shape index (κ1) is 52.5. The molecule has 3 saturated heterocycles. The van der Waals surface area contributed by atoms with Gasteiger partial charge >= 0.3 is 24.1 Å². The van der Waals surface area contributed by atoms with Crippen LogP contribution in [0.5, 0.6) is 0 Å². The minimum atomic E-state index is -1.03. The number of rotatable bonds is 13. The number of alkyl carbamates (subject to hydrolysis) is 2. The SMILES string of the molecule is C.COC(=O)N[C@H](C(=O)N1CC(=O)C[C@H]1C(=O)OCc1ccccc1)C(C)C.COC(=O)N[C@H](C(=O)N1CC2(C[C@H]1C(=O)OCc1ccccc1)OCCO2)C(C)C.OCCO. The van der Waals surface area contributed by atoms with E-state index >= 15 is 0 Å². The van der Waals surface area contributed by atoms with Crippen LogP contribution in [0, 0.1) is 11.8 Å². The number of aliphatic hydroxyl groups is 2. The number of hydrogen-bond donors (Lipinski definition) is 4. The zero-order valence-corrected chi connectivity index (χ0v) is 35.4. The predicted molar refractivity (Wildman–Crippen MR) is 222 cm³/mol. The molecule has 5 rings (SSSR count). The van der Waals surface area contributed by atoms with Crippen LogP contribution in [0.25, 0.3) is 0 Å². The van der Waals surface area contributed by atoms with Gasteiger partial charge in [0.1, 0.15) is 37.4 Å². The van der Waals surface area contributed by atoms with Gasteiger partial charge in [-0.25, -0.2) is 19.2 Å². The van der Waals surface area contributed by atoms with Crippen molar-refractivity contribution < 1.29 is 72.2 Å². The number of methoxy groups -OCH3 is 2. The number of ketones is 1. The van der Waals surface area contributed by atoms with E-state index in [1.54, 1.807) is 27.7 Å². The van der Waals surface area contributed by atoms with E-state index in [0.29, 0.717) is 13.2 Å². The average Bonchev–Trinajstić information content (AvgIpc) is 4.01. The number of carbonyl (C=O) groups is 7. The number of ether oxygens (including phenoxy) is 6. The van der Waals surface area contributed by atoms with Gasteiger partial charge in [0.2, 0.25) is 11.8 Å². The molecule has 4 N–H and O–H groups in total. The minimum Gasteiger partial charge on any atom is -0.459 e. The van der Waals surface area contributed by atoms with E-state index in [0.717, 1.165) is 11.1 Å². The van der Waals surface area contributed by atoms with Crippen LogP contribution in [0.4, 0.5) is 9.59 Å². The molecule has 3 aliphatic rings. The summed E-state index contributed by atoms with van der Waals surface area (Å²) in [6.07, 6.45) is -1.39. The van der Waals surface area contributed by atoms with E-state index < -0.39 is 65.9 Å². The van der Waals surface area contributed by atoms with Crippen molar-refractivity contribution in [2.45, 2.75) is 91.1 Å². The van der Waals surface area contributed by atoms with Crippen molar-refractivity contribution in [2.75, 3.05) is 53.7 Å². The van der Waals surface area contributed by atoms with Crippen molar-refractivity contribution in [3.8, 4) is 0 Å². The predicted octanol–water partition coefficient (Wildman–Crippen LogP) is 2.34. The Bertz CT molecular complexity index is 1750. The number of esters is 2. The largest absolute Gasteiger partial charge is 0.459 e. The maximum atomic E-state index is 13.3. The lowest BCUT2D eigenvalue weighted by atomic mass is 10.0. The van der Waals surface area contributed by atoms with Gasteiger partial charge in [0, 0.05) is 12.8 Å². The Morgan fingerprint density at radius 2 is 1.13 bits per heavy atom. The summed E-state index contributed by atoms with van der Waals surface area (Å²) in [6, 6.07) is 14.8. The molecule has 0 aliphatic carbocycles. The molecule has 19 heteroatoms. The van der Waals surface area contributed by atoms with Crippen LogP contribution in [0.2, 0.25) is 0 Å². The van der Waals surface area contributed by atoms with Crippen LogP contribution in [0.3, 0.4) is 0 Å². The number of amides is 4. The number of aliphatic hydroxyl groups excluding tert-OH is 2. The van der Waals surface area contributed by atoms with Gasteiger partial charge in [-0.2, -0.15) is 0 Å². The van der Waals surface area contributed by atoms with Crippen molar-refractivity contribution in [2.24, 2.45) is 11.8 Å². The summed E-state index contributed by atoms with van der Waals surface area (Å²) in [7, 11) is 2.42. The quantitative estimate of drug-likeness (QED) is 0.167. The average molecular weight is 875 g/mol. The van der Waals surface area contributed by atoms with Crippen LogP contribution in [0.1, 0.15) is 59.1 Å². The van der Waals surface area contributed by atoms with Gasteiger partial charge in [0.25, 0.3) is 0 Å². The fraction of sp³-hybridized carbons (Fsp3) is 0.558. The number of nitrogens with zero attached hydrogens (tertiary/aromatic N) is 2. The smallest absolute Gasteiger partial charge is 0.407 e. The van der Waals surface area contributed by atoms with Crippen molar-refractivity contribution >= 4 is 41.7 Å². The summed E-state index contributed by atoms with van der Waals surface area (Å²) in [5, 5.41) is 20.3. The van der Waals surface area contributed by atoms with Crippen molar-refractivity contribution in [1.82, 2.24) is 20.4 Å². The highest BCUT2D eigenvalue weighted by atomic mass is 16.7. The second kappa shape index (κ2) is 26.0. The molecule has 0 unspecified atom stereocenters. The van der Waals surface area contributed by atoms with Gasteiger partial charge in [-0.1, -0.05) is 95.8 Å². The summed E-state index contributed by atoms with van der Waals surface area (Å²) >= 11 is 0. The van der Waals surface area contributed by atoms with E-state index in [-0.39, 0.29) is 77.4 Å². The second-order valence-electron chi connectivity index (χ2n) is 14.9. The lowest BCUT2D eigenvalue weighted by molar-refractivity contribution is -0.155. The van der Waals surface area contributed by atoms with E-state index in [9.17, 15) is 33.6 Å². The molecule has 2 aromatic rings. The van der Waals surface area contributed by atoms with Crippen molar-refractivity contribution in [1.29, 1.82) is 0 Å². The number of carbonyl (C=O) groups excluding carboxylic acids is 7. The standard InChI is InChI=1S/C21H28N2O7.C19H24N2O6.C2H6O2.CH4/c1-14(2)17(22-20(26)27-3)18(24)23-13-21(29-9-10-30-21)11-16(23)19(25)28-12-15-7-5-4-6-8-15;1-12(2)16(20-19(25)26-3)17(23)21-10-14(22)9-15(21)18(24)27-11-13-7-5-4-6-8-13;3-1-2-4;/h4-8,14,16-17H,9-13H2,1-3H3,(H,22,26);4-8,12,15-16H,9-11H2,1-3H3,(H,20,25);3-4H,1-2H2;1H4/t16-,17-;15-,16-;;/m00../s1. The van der Waals surface area contributed by atoms with E-state index in [2.05, 4.69) is 20.1 Å². The first-order valence-electron chi connectivity index (χ1n) is 19.8. The van der Waals surface area contributed by atoms with Crippen LogP contribution in [-0.4, -0.2) is 145 Å². The van der Waals surface area contributed by atoms with Gasteiger partial charge in [-0.05, 0) is 23.0 Å². The molecule has 62 heavy (non-hydrogen) atoms. The Labute approximate surface area is 362 Å². The molecule has 3 heterocycles. The highest BCUT2D eigenvalue weighted by Gasteiger charge is 2.54. The fourth-order valence-corrected chi connectivity index (χ4v) is 6.53. The van der Waals surface area contributed by atoms with E-state index in [1.807, 2.05) is 60.7 Å². The van der Waals surface area contributed by atoms with Gasteiger partial charge in [0.15, 0.2) is 11.6 Å². The number of benzene rings is 2. The monoisotopic (exact) mass is 874 g/mol. The van der Waals surface area contributed by atoms with Crippen LogP contribution >= 0.6 is 0 Å². The Morgan fingerprint density at radius 3 is 1.53 bits per heavy atom. The molecule has 344 valence electrons. The Balaban J connectivity index is 0.000000389. The van der Waals surface area contributed by atoms with Crippen molar-refractivity contribution in [3.63, 3.8) is 0 Å². The third kappa shape index (κ3) is 15.4. The number of nitrogens with one attached hydrogen (secondary N) is 2. The summed E-state index contributed by atoms with van der Waals surface area (Å²) in [4.78, 5) is 89.3. The molecule has 19 nitrogen and oxygen atoms in total. The maximum absolute atomic E-state index is 13.3. The molecule has 0 saturated carbocycles. The molecule has 0 bridgehead atoms. The minimum absolute atomic E-state index is 0. The first-order chi connectivity index (χ1) is 29.1. The fourth-order valence-electron chi connectivity index (χ4n) is 6.53. The Morgan fingerprint density at radius 1 is 0.710 bits per heavy atom. The Kier molecular flexibility index (Phi) is 22.0. The molecule has 3 fully saturated rings. The Hall–Kier alpha value is -5.63. The lowest BCUT2D eigenvalue weighted by Crippen LogP contribution is -2.54. The zero-order valence-electron chi connectivity index (χ0n) is 35.4. The molecular formula is C43H62N4O15. The topological polar surface area (TPSA) is 246 Å². The van der Waals surface area contributed by atoms with E-state index in [1.165, 1.54) is 24.0 Å². The number of Topliss-reactive ketones (excluding diaryl/α,β-unsaturated/α-hetero) is 1. The third-order valence-corrected chi connectivity index (χ3v) is 9.69. The summed E-state index contributed by atoms with van der Waals surface area (Å²) in [6.45, 7) is 7.69. The zero-order chi connectivity index (χ0) is 45.1. The molecule has 2 aromatic carbocycles. The highest BCUT2D eigenvalue weighted by Crippen LogP contribution is 2.36. The van der Waals surface area contributed by atoms with Gasteiger partial charge < -0.3 is 59.1 Å². The van der Waals surface area contributed by atoms with Crippen LogP contribution < -0.4 is 10.6 Å². The molecule has 1 spiro atoms. The van der Waals surface area contributed by atoms with Crippen LogP contribution in [-0.2, 0) is 65.6 Å². The van der Waals surface area contributed by atoms with Gasteiger partial charge in [0.05, 0.1) is 53.7 Å².